The van der Waals surface area contributed by atoms with Crippen molar-refractivity contribution in [2.45, 2.75) is 91.0 Å². The Labute approximate surface area is 274 Å². The zero-order valence-electron chi connectivity index (χ0n) is 28.0. The highest BCUT2D eigenvalue weighted by Gasteiger charge is 2.35. The molecular weight excluding hydrogens is 606 g/mol. The predicted octanol–water partition coefficient (Wildman–Crippen LogP) is 2.82. The Kier molecular flexibility index (Phi) is 12.0. The molecule has 47 heavy (non-hydrogen) atoms. The van der Waals surface area contributed by atoms with Gasteiger partial charge in [-0.25, -0.2) is 4.79 Å². The van der Waals surface area contributed by atoms with Gasteiger partial charge in [0, 0.05) is 19.6 Å². The maximum Gasteiger partial charge on any atom is 0.327 e. The van der Waals surface area contributed by atoms with Crippen molar-refractivity contribution in [3.8, 4) is 6.01 Å². The lowest BCUT2D eigenvalue weighted by molar-refractivity contribution is -0.160. The molecule has 1 aliphatic rings. The number of nitrogens with two attached hydrogens (primary N) is 1. The highest BCUT2D eigenvalue weighted by Crippen LogP contribution is 2.22. The number of unbranched alkanes of at least 4 members (excludes halogenated alkanes) is 1. The van der Waals surface area contributed by atoms with Crippen molar-refractivity contribution in [2.75, 3.05) is 39.1 Å². The van der Waals surface area contributed by atoms with Gasteiger partial charge in [-0.15, -0.1) is 0 Å². The van der Waals surface area contributed by atoms with Crippen LogP contribution in [0.15, 0.2) is 29.1 Å². The van der Waals surface area contributed by atoms with Gasteiger partial charge in [-0.05, 0) is 64.1 Å². The molecule has 1 atom stereocenters. The minimum Gasteiger partial charge on any atom is -0.469 e. The summed E-state index contributed by atoms with van der Waals surface area (Å²) in [6.07, 6.45) is 3.78. The van der Waals surface area contributed by atoms with Gasteiger partial charge in [-0.1, -0.05) is 37.6 Å². The molecule has 256 valence electrons. The first-order chi connectivity index (χ1) is 22.4. The van der Waals surface area contributed by atoms with Crippen LogP contribution in [0.1, 0.15) is 70.9 Å². The van der Waals surface area contributed by atoms with Crippen LogP contribution in [0.5, 0.6) is 6.01 Å². The van der Waals surface area contributed by atoms with Gasteiger partial charge in [-0.2, -0.15) is 9.97 Å². The van der Waals surface area contributed by atoms with Crippen molar-refractivity contribution in [2.24, 2.45) is 0 Å². The molecule has 0 spiro atoms. The summed E-state index contributed by atoms with van der Waals surface area (Å²) in [6.45, 7) is 9.51. The molecule has 0 radical (unpaired) electrons. The Morgan fingerprint density at radius 2 is 1.83 bits per heavy atom. The number of benzene rings is 1. The maximum atomic E-state index is 13.8. The fraction of sp³-hybridized carbons (Fsp3) is 0.576. The zero-order valence-corrected chi connectivity index (χ0v) is 28.0. The fourth-order valence-corrected chi connectivity index (χ4v) is 5.47. The second-order valence-corrected chi connectivity index (χ2v) is 12.8. The molecule has 0 unspecified atom stereocenters. The minimum atomic E-state index is -0.625. The van der Waals surface area contributed by atoms with Crippen molar-refractivity contribution in [1.29, 1.82) is 0 Å². The van der Waals surface area contributed by atoms with Crippen LogP contribution in [0.3, 0.4) is 0 Å². The number of rotatable bonds is 15. The van der Waals surface area contributed by atoms with Crippen LogP contribution in [0.2, 0.25) is 0 Å². The van der Waals surface area contributed by atoms with E-state index in [4.69, 9.17) is 19.9 Å². The molecule has 1 amide bonds. The number of amides is 1. The number of hydrogen-bond acceptors (Lipinski definition) is 11. The number of anilines is 1. The van der Waals surface area contributed by atoms with Crippen LogP contribution >= 0.6 is 0 Å². The Balaban J connectivity index is 1.50. The van der Waals surface area contributed by atoms with Crippen molar-refractivity contribution < 1.29 is 28.6 Å². The Morgan fingerprint density at radius 1 is 1.11 bits per heavy atom. The van der Waals surface area contributed by atoms with E-state index < -0.39 is 11.6 Å². The number of carbonyl (C=O) groups is 3. The smallest absolute Gasteiger partial charge is 0.327 e. The van der Waals surface area contributed by atoms with Gasteiger partial charge in [0.1, 0.15) is 17.2 Å². The molecular formula is C33H47N7O7. The molecule has 14 heteroatoms. The molecule has 1 aliphatic heterocycles. The van der Waals surface area contributed by atoms with Gasteiger partial charge in [0.2, 0.25) is 5.91 Å². The van der Waals surface area contributed by atoms with Gasteiger partial charge >= 0.3 is 23.6 Å². The molecule has 1 fully saturated rings. The van der Waals surface area contributed by atoms with Crippen LogP contribution in [-0.2, 0) is 43.4 Å². The van der Waals surface area contributed by atoms with Crippen LogP contribution in [-0.4, -0.2) is 92.2 Å². The lowest BCUT2D eigenvalue weighted by Crippen LogP contribution is -2.46. The van der Waals surface area contributed by atoms with E-state index in [9.17, 15) is 19.2 Å². The lowest BCUT2D eigenvalue weighted by atomic mass is 10.1. The average Bonchev–Trinajstić information content (AvgIpc) is 3.61. The first-order valence-corrected chi connectivity index (χ1v) is 16.2. The summed E-state index contributed by atoms with van der Waals surface area (Å²) in [6, 6.07) is 7.05. The van der Waals surface area contributed by atoms with Crippen LogP contribution in [0, 0.1) is 0 Å². The molecule has 3 aromatic rings. The summed E-state index contributed by atoms with van der Waals surface area (Å²) >= 11 is 0. The molecule has 3 N–H and O–H groups in total. The molecule has 0 bridgehead atoms. The number of aryl methyl sites for hydroxylation is 1. The van der Waals surface area contributed by atoms with Gasteiger partial charge in [-0.3, -0.25) is 23.9 Å². The highest BCUT2D eigenvalue weighted by atomic mass is 16.6. The number of methoxy groups -OCH3 is 1. The number of ether oxygens (including phenoxy) is 3. The number of nitrogens with one attached hydrogen (secondary N) is 1. The van der Waals surface area contributed by atoms with E-state index >= 15 is 0 Å². The van der Waals surface area contributed by atoms with Gasteiger partial charge in [0.05, 0.1) is 26.7 Å². The topological polar surface area (TPSA) is 175 Å². The summed E-state index contributed by atoms with van der Waals surface area (Å²) < 4.78 is 17.5. The Bertz CT molecular complexity index is 1590. The molecule has 1 saturated heterocycles. The van der Waals surface area contributed by atoms with Gasteiger partial charge < -0.3 is 29.8 Å². The number of nitrogens with zero attached hydrogens (tertiary/aromatic N) is 5. The normalized spacial score (nSPS) is 15.1. The summed E-state index contributed by atoms with van der Waals surface area (Å²) in [5.41, 5.74) is 7.44. The van der Waals surface area contributed by atoms with E-state index in [-0.39, 0.29) is 54.9 Å². The standard InChI is InChI=1S/C33H47N7O7/c1-6-7-18-46-31-36-28(34)27-29(37-31)40(32(44)35-27)17-9-16-39(20-23-13-11-22(12-14-23)19-26(42)45-5)25(41)21-38-15-8-10-24(38)30(43)47-33(2,3)4/h11-14,24H,6-10,15-21H2,1-5H3,(H,35,44)(H2,34,36,37)/t24-/m0/s1. The molecule has 0 saturated carbocycles. The number of imidazole rings is 1. The first-order valence-electron chi connectivity index (χ1n) is 16.2. The van der Waals surface area contributed by atoms with E-state index in [1.54, 1.807) is 4.90 Å². The van der Waals surface area contributed by atoms with Crippen molar-refractivity contribution in [3.05, 3.63) is 45.9 Å². The van der Waals surface area contributed by atoms with E-state index in [1.807, 2.05) is 56.9 Å². The fourth-order valence-electron chi connectivity index (χ4n) is 5.47. The number of hydrogen-bond donors (Lipinski definition) is 2. The summed E-state index contributed by atoms with van der Waals surface area (Å²) in [5.74, 6) is -0.689. The predicted molar refractivity (Wildman–Crippen MR) is 176 cm³/mol. The molecule has 4 rings (SSSR count). The number of esters is 2. The number of aromatic amines is 1. The molecule has 1 aromatic carbocycles. The summed E-state index contributed by atoms with van der Waals surface area (Å²) in [4.78, 5) is 66.3. The third kappa shape index (κ3) is 9.77. The van der Waals surface area contributed by atoms with E-state index in [2.05, 4.69) is 15.0 Å². The Hall–Kier alpha value is -4.46. The first kappa shape index (κ1) is 35.4. The number of carbonyl (C=O) groups excluding carboxylic acids is 3. The van der Waals surface area contributed by atoms with E-state index in [0.717, 1.165) is 30.4 Å². The quantitative estimate of drug-likeness (QED) is 0.182. The third-order valence-electron chi connectivity index (χ3n) is 7.88. The zero-order chi connectivity index (χ0) is 34.1. The van der Waals surface area contributed by atoms with Crippen molar-refractivity contribution in [1.82, 2.24) is 29.3 Å². The number of likely N-dealkylation sites (tertiary alicyclic amines) is 1. The molecule has 3 heterocycles. The Morgan fingerprint density at radius 3 is 2.51 bits per heavy atom. The third-order valence-corrected chi connectivity index (χ3v) is 7.88. The van der Waals surface area contributed by atoms with E-state index in [1.165, 1.54) is 11.7 Å². The number of fused-ring (bicyclic) bond motifs is 1. The molecule has 2 aromatic heterocycles. The SMILES string of the molecule is CCCCOc1nc(N)c2[nH]c(=O)n(CCCN(Cc3ccc(CC(=O)OC)cc3)C(=O)CN3CCC[C@H]3C(=O)OC(C)(C)C)c2n1. The average molecular weight is 654 g/mol. The van der Waals surface area contributed by atoms with Crippen LogP contribution in [0.25, 0.3) is 11.2 Å². The maximum absolute atomic E-state index is 13.8. The second-order valence-electron chi connectivity index (χ2n) is 12.8. The number of nitrogen functional groups attached to an aromatic ring is 1. The van der Waals surface area contributed by atoms with Crippen LogP contribution in [0.4, 0.5) is 5.82 Å². The van der Waals surface area contributed by atoms with Crippen molar-refractivity contribution >= 4 is 34.8 Å². The number of aromatic nitrogens is 4. The minimum absolute atomic E-state index is 0.0551. The second kappa shape index (κ2) is 15.9. The van der Waals surface area contributed by atoms with Gasteiger partial charge in [0.15, 0.2) is 11.5 Å². The summed E-state index contributed by atoms with van der Waals surface area (Å²) in [5, 5.41) is 0. The highest BCUT2D eigenvalue weighted by molar-refractivity contribution is 5.82. The van der Waals surface area contributed by atoms with Gasteiger partial charge in [0.25, 0.3) is 0 Å². The number of H-pyrrole nitrogens is 1. The summed E-state index contributed by atoms with van der Waals surface area (Å²) in [7, 11) is 1.35. The van der Waals surface area contributed by atoms with E-state index in [0.29, 0.717) is 50.2 Å². The molecule has 14 nitrogen and oxygen atoms in total. The molecule has 0 aliphatic carbocycles. The van der Waals surface area contributed by atoms with Crippen molar-refractivity contribution in [3.63, 3.8) is 0 Å². The lowest BCUT2D eigenvalue weighted by Gasteiger charge is -2.29. The largest absolute Gasteiger partial charge is 0.469 e. The monoisotopic (exact) mass is 653 g/mol. The van der Waals surface area contributed by atoms with Crippen LogP contribution < -0.4 is 16.2 Å².